The smallest absolute Gasteiger partial charge is 0.404 e. The lowest BCUT2D eigenvalue weighted by Gasteiger charge is -2.24. The lowest BCUT2D eigenvalue weighted by atomic mass is 10.00. The molecule has 0 radical (unpaired) electrons. The van der Waals surface area contributed by atoms with Crippen molar-refractivity contribution >= 4 is 17.7 Å². The van der Waals surface area contributed by atoms with Crippen molar-refractivity contribution in [1.29, 1.82) is 0 Å². The average molecular weight is 196 g/mol. The van der Waals surface area contributed by atoms with Crippen LogP contribution < -0.4 is 5.32 Å². The fourth-order valence-corrected chi connectivity index (χ4v) is 1.14. The summed E-state index contributed by atoms with van der Waals surface area (Å²) in [5, 5.41) is 19.9. The van der Waals surface area contributed by atoms with Crippen LogP contribution in [0.2, 0.25) is 0 Å². The van der Waals surface area contributed by atoms with Crippen molar-refractivity contribution in [2.45, 2.75) is 26.0 Å². The number of hydrogen-bond acceptors (Lipinski definition) is 2. The van der Waals surface area contributed by atoms with Crippen molar-refractivity contribution in [3.8, 4) is 0 Å². The molecule has 0 aromatic rings. The molecular weight excluding hydrogens is 182 g/mol. The van der Waals surface area contributed by atoms with Crippen molar-refractivity contribution in [2.24, 2.45) is 5.92 Å². The Kier molecular flexibility index (Phi) is 5.01. The highest BCUT2D eigenvalue weighted by Gasteiger charge is 2.23. The Labute approximate surface area is 76.5 Å². The van der Waals surface area contributed by atoms with Crippen LogP contribution in [0.1, 0.15) is 13.8 Å². The topological polar surface area (TPSA) is 69.6 Å². The minimum atomic E-state index is -1.14. The first kappa shape index (κ1) is 11.5. The number of aliphatic hydroxyl groups is 1. The average Bonchev–Trinajstić information content (AvgIpc) is 1.98. The lowest BCUT2D eigenvalue weighted by Crippen LogP contribution is -2.47. The number of rotatable bonds is 4. The second-order valence-corrected chi connectivity index (χ2v) is 3.25. The molecule has 0 heterocycles. The zero-order chi connectivity index (χ0) is 9.72. The quantitative estimate of drug-likeness (QED) is 0.584. The van der Waals surface area contributed by atoms with Crippen LogP contribution in [-0.2, 0) is 0 Å². The molecule has 2 atom stereocenters. The predicted octanol–water partition coefficient (Wildman–Crippen LogP) is 0.878. The SMILES string of the molecule is CC(C)C(NC(=O)O)C(O)CCl. The van der Waals surface area contributed by atoms with Crippen molar-refractivity contribution < 1.29 is 15.0 Å². The predicted molar refractivity (Wildman–Crippen MR) is 46.5 cm³/mol. The zero-order valence-corrected chi connectivity index (χ0v) is 7.88. The van der Waals surface area contributed by atoms with Crippen LogP contribution in [0.5, 0.6) is 0 Å². The van der Waals surface area contributed by atoms with Gasteiger partial charge in [0.05, 0.1) is 18.0 Å². The first-order valence-electron chi connectivity index (χ1n) is 3.72. The van der Waals surface area contributed by atoms with Gasteiger partial charge in [0.1, 0.15) is 0 Å². The molecule has 2 unspecified atom stereocenters. The molecule has 4 nitrogen and oxygen atoms in total. The van der Waals surface area contributed by atoms with E-state index in [4.69, 9.17) is 16.7 Å². The van der Waals surface area contributed by atoms with Crippen LogP contribution in [0.3, 0.4) is 0 Å². The van der Waals surface area contributed by atoms with Crippen LogP contribution in [0.25, 0.3) is 0 Å². The summed E-state index contributed by atoms with van der Waals surface area (Å²) in [7, 11) is 0. The highest BCUT2D eigenvalue weighted by atomic mass is 35.5. The number of carboxylic acid groups (broad SMARTS) is 1. The second kappa shape index (κ2) is 5.22. The molecule has 1 amide bonds. The van der Waals surface area contributed by atoms with Gasteiger partial charge in [-0.25, -0.2) is 4.79 Å². The number of nitrogens with one attached hydrogen (secondary N) is 1. The number of alkyl halides is 1. The van der Waals surface area contributed by atoms with E-state index in [2.05, 4.69) is 5.32 Å². The fraction of sp³-hybridized carbons (Fsp3) is 0.857. The standard InChI is InChI=1S/C7H14ClNO3/c1-4(2)6(5(10)3-8)9-7(11)12/h4-6,9-10H,3H2,1-2H3,(H,11,12). The van der Waals surface area contributed by atoms with Gasteiger partial charge in [-0.1, -0.05) is 13.8 Å². The van der Waals surface area contributed by atoms with Gasteiger partial charge in [0.15, 0.2) is 0 Å². The monoisotopic (exact) mass is 195 g/mol. The van der Waals surface area contributed by atoms with Gasteiger partial charge in [0.2, 0.25) is 0 Å². The number of aliphatic hydroxyl groups excluding tert-OH is 1. The Hall–Kier alpha value is -0.480. The molecule has 0 aromatic heterocycles. The maximum atomic E-state index is 10.3. The Bertz CT molecular complexity index is 152. The van der Waals surface area contributed by atoms with E-state index in [0.29, 0.717) is 0 Å². The van der Waals surface area contributed by atoms with E-state index in [0.717, 1.165) is 0 Å². The summed E-state index contributed by atoms with van der Waals surface area (Å²) < 4.78 is 0. The summed E-state index contributed by atoms with van der Waals surface area (Å²) in [6, 6.07) is -0.500. The highest BCUT2D eigenvalue weighted by molar-refractivity contribution is 6.18. The molecule has 0 saturated heterocycles. The summed E-state index contributed by atoms with van der Waals surface area (Å²) in [5.74, 6) is 0.0539. The number of amides is 1. The molecule has 3 N–H and O–H groups in total. The molecule has 0 rings (SSSR count). The Morgan fingerprint density at radius 1 is 1.58 bits per heavy atom. The highest BCUT2D eigenvalue weighted by Crippen LogP contribution is 2.07. The van der Waals surface area contributed by atoms with E-state index in [-0.39, 0.29) is 11.8 Å². The maximum absolute atomic E-state index is 10.3. The van der Waals surface area contributed by atoms with Crippen LogP contribution in [0.15, 0.2) is 0 Å². The Balaban J connectivity index is 4.12. The van der Waals surface area contributed by atoms with E-state index in [1.54, 1.807) is 0 Å². The van der Waals surface area contributed by atoms with Crippen molar-refractivity contribution in [1.82, 2.24) is 5.32 Å². The Morgan fingerprint density at radius 2 is 2.08 bits per heavy atom. The van der Waals surface area contributed by atoms with Crippen LogP contribution in [-0.4, -0.2) is 34.3 Å². The minimum absolute atomic E-state index is 0.0230. The van der Waals surface area contributed by atoms with Gasteiger partial charge >= 0.3 is 6.09 Å². The molecule has 0 spiro atoms. The first-order valence-corrected chi connectivity index (χ1v) is 4.26. The minimum Gasteiger partial charge on any atom is -0.465 e. The third kappa shape index (κ3) is 3.78. The largest absolute Gasteiger partial charge is 0.465 e. The maximum Gasteiger partial charge on any atom is 0.404 e. The normalized spacial score (nSPS) is 15.8. The molecule has 0 aromatic carbocycles. The summed E-state index contributed by atoms with van der Waals surface area (Å²) in [4.78, 5) is 10.3. The molecule has 0 saturated carbocycles. The van der Waals surface area contributed by atoms with Gasteiger partial charge in [-0.05, 0) is 5.92 Å². The van der Waals surface area contributed by atoms with Gasteiger partial charge in [-0.2, -0.15) is 0 Å². The molecule has 0 fully saturated rings. The molecule has 0 bridgehead atoms. The van der Waals surface area contributed by atoms with E-state index in [1.165, 1.54) is 0 Å². The fourth-order valence-electron chi connectivity index (χ4n) is 0.946. The van der Waals surface area contributed by atoms with Crippen LogP contribution in [0, 0.1) is 5.92 Å². The lowest BCUT2D eigenvalue weighted by molar-refractivity contribution is 0.116. The number of hydrogen-bond donors (Lipinski definition) is 3. The van der Waals surface area contributed by atoms with Gasteiger partial charge in [0.25, 0.3) is 0 Å². The summed E-state index contributed by atoms with van der Waals surface area (Å²) in [6.07, 6.45) is -1.97. The number of carbonyl (C=O) groups is 1. The van der Waals surface area contributed by atoms with E-state index in [9.17, 15) is 9.90 Å². The van der Waals surface area contributed by atoms with E-state index < -0.39 is 18.2 Å². The molecule has 5 heteroatoms. The van der Waals surface area contributed by atoms with Crippen molar-refractivity contribution in [2.75, 3.05) is 5.88 Å². The summed E-state index contributed by atoms with van der Waals surface area (Å²) >= 11 is 5.39. The van der Waals surface area contributed by atoms with Gasteiger partial charge in [0, 0.05) is 0 Å². The second-order valence-electron chi connectivity index (χ2n) is 2.94. The van der Waals surface area contributed by atoms with Gasteiger partial charge in [-0.15, -0.1) is 11.6 Å². The molecule has 12 heavy (non-hydrogen) atoms. The first-order chi connectivity index (χ1) is 5.49. The van der Waals surface area contributed by atoms with Crippen LogP contribution >= 0.6 is 11.6 Å². The Morgan fingerprint density at radius 3 is 2.33 bits per heavy atom. The summed E-state index contributed by atoms with van der Waals surface area (Å²) in [5.41, 5.74) is 0. The third-order valence-corrected chi connectivity index (χ3v) is 1.90. The molecule has 0 aliphatic heterocycles. The van der Waals surface area contributed by atoms with Gasteiger partial charge < -0.3 is 15.5 Å². The molecule has 0 aliphatic carbocycles. The van der Waals surface area contributed by atoms with Crippen molar-refractivity contribution in [3.05, 3.63) is 0 Å². The molecular formula is C7H14ClNO3. The summed E-state index contributed by atoms with van der Waals surface area (Å²) in [6.45, 7) is 3.63. The van der Waals surface area contributed by atoms with E-state index in [1.807, 2.05) is 13.8 Å². The zero-order valence-electron chi connectivity index (χ0n) is 7.12. The van der Waals surface area contributed by atoms with Crippen LogP contribution in [0.4, 0.5) is 4.79 Å². The molecule has 72 valence electrons. The molecule has 0 aliphatic rings. The third-order valence-electron chi connectivity index (χ3n) is 1.58. The van der Waals surface area contributed by atoms with Crippen molar-refractivity contribution in [3.63, 3.8) is 0 Å². The van der Waals surface area contributed by atoms with Gasteiger partial charge in [-0.3, -0.25) is 0 Å². The van der Waals surface area contributed by atoms with E-state index >= 15 is 0 Å². The number of halogens is 1.